The molecule has 0 N–H and O–H groups in total. The second kappa shape index (κ2) is 5.62. The Morgan fingerprint density at radius 1 is 1.18 bits per heavy atom. The topological polar surface area (TPSA) is 82.1 Å². The molecule has 0 aromatic carbocycles. The van der Waals surface area contributed by atoms with Gasteiger partial charge in [0.05, 0.1) is 11.8 Å². The highest BCUT2D eigenvalue weighted by Gasteiger charge is 2.69. The first kappa shape index (κ1) is 15.4. The van der Waals surface area contributed by atoms with E-state index in [9.17, 15) is 14.4 Å². The third kappa shape index (κ3) is 2.06. The Labute approximate surface area is 128 Å². The van der Waals surface area contributed by atoms with E-state index >= 15 is 0 Å². The van der Waals surface area contributed by atoms with Crippen molar-refractivity contribution in [3.05, 3.63) is 0 Å². The first-order valence-electron chi connectivity index (χ1n) is 7.70. The van der Waals surface area contributed by atoms with Gasteiger partial charge in [0.25, 0.3) is 0 Å². The number of unbranched alkanes of at least 4 members (excludes halogenated alkanes) is 1. The fraction of sp³-hybridized carbons (Fsp3) is 0.800. The summed E-state index contributed by atoms with van der Waals surface area (Å²) in [6.45, 7) is 2.00. The lowest BCUT2D eigenvalue weighted by Crippen LogP contribution is -2.50. The summed E-state index contributed by atoms with van der Waals surface area (Å²) in [5.74, 6) is -1.88. The van der Waals surface area contributed by atoms with Gasteiger partial charge in [-0.05, 0) is 6.42 Å². The van der Waals surface area contributed by atoms with E-state index < -0.39 is 36.3 Å². The number of ether oxygens (including phenoxy) is 3. The van der Waals surface area contributed by atoms with E-state index in [-0.39, 0.29) is 17.8 Å². The monoisotopic (exact) mass is 311 g/mol. The van der Waals surface area contributed by atoms with Crippen LogP contribution in [0.25, 0.3) is 0 Å². The van der Waals surface area contributed by atoms with E-state index in [1.165, 1.54) is 14.2 Å². The lowest BCUT2D eigenvalue weighted by molar-refractivity contribution is -0.161. The molecule has 0 spiro atoms. The summed E-state index contributed by atoms with van der Waals surface area (Å²) in [6, 6.07) is 0. The zero-order valence-corrected chi connectivity index (χ0v) is 13.0. The first-order chi connectivity index (χ1) is 10.5. The molecule has 0 aliphatic carbocycles. The number of imide groups is 1. The molecule has 3 aliphatic heterocycles. The molecule has 3 aliphatic rings. The molecule has 0 radical (unpaired) electrons. The Bertz CT molecular complexity index is 506. The second-order valence-electron chi connectivity index (χ2n) is 6.11. The number of carbonyl (C=O) groups excluding carboxylic acids is 3. The Balaban J connectivity index is 1.78. The number of carbonyl (C=O) groups is 3. The number of fused-ring (bicyclic) bond motifs is 5. The van der Waals surface area contributed by atoms with Crippen LogP contribution in [0.15, 0.2) is 0 Å². The van der Waals surface area contributed by atoms with Crippen LogP contribution in [0.1, 0.15) is 26.2 Å². The van der Waals surface area contributed by atoms with Crippen LogP contribution in [-0.4, -0.2) is 61.3 Å². The summed E-state index contributed by atoms with van der Waals surface area (Å²) in [5, 5.41) is 0. The highest BCUT2D eigenvalue weighted by molar-refractivity contribution is 6.06. The number of methoxy groups -OCH3 is 1. The van der Waals surface area contributed by atoms with Crippen LogP contribution in [0, 0.1) is 11.8 Å². The van der Waals surface area contributed by atoms with Crippen molar-refractivity contribution < 1.29 is 28.6 Å². The highest BCUT2D eigenvalue weighted by Crippen LogP contribution is 2.50. The van der Waals surface area contributed by atoms with Gasteiger partial charge >= 0.3 is 5.97 Å². The summed E-state index contributed by atoms with van der Waals surface area (Å²) < 4.78 is 16.7. The van der Waals surface area contributed by atoms with Gasteiger partial charge in [-0.25, -0.2) is 0 Å². The molecular formula is C15H21NO6. The first-order valence-corrected chi connectivity index (χ1v) is 7.70. The van der Waals surface area contributed by atoms with Gasteiger partial charge in [0.15, 0.2) is 6.10 Å². The van der Waals surface area contributed by atoms with Gasteiger partial charge < -0.3 is 14.2 Å². The molecule has 22 heavy (non-hydrogen) atoms. The standard InChI is InChI=1S/C15H21NO6/c1-4-5-6-7(17)21-13-11-9-8(10(22-11)12(13)20-3)14(18)16(2)15(9)19/h8-13H,4-6H2,1-3H3. The smallest absolute Gasteiger partial charge is 0.306 e. The quantitative estimate of drug-likeness (QED) is 0.530. The van der Waals surface area contributed by atoms with Crippen LogP contribution >= 0.6 is 0 Å². The summed E-state index contributed by atoms with van der Waals surface area (Å²) in [4.78, 5) is 37.5. The number of likely N-dealkylation sites (tertiary alicyclic amines) is 1. The van der Waals surface area contributed by atoms with Crippen LogP contribution in [0.3, 0.4) is 0 Å². The minimum Gasteiger partial charge on any atom is -0.457 e. The van der Waals surface area contributed by atoms with Gasteiger partial charge in [-0.1, -0.05) is 13.3 Å². The average molecular weight is 311 g/mol. The van der Waals surface area contributed by atoms with Crippen LogP contribution < -0.4 is 0 Å². The zero-order valence-electron chi connectivity index (χ0n) is 13.0. The Morgan fingerprint density at radius 2 is 1.77 bits per heavy atom. The Kier molecular flexibility index (Phi) is 3.94. The maximum atomic E-state index is 12.2. The van der Waals surface area contributed by atoms with Crippen LogP contribution in [0.5, 0.6) is 0 Å². The van der Waals surface area contributed by atoms with E-state index in [2.05, 4.69) is 0 Å². The minimum absolute atomic E-state index is 0.236. The van der Waals surface area contributed by atoms with Crippen molar-refractivity contribution >= 4 is 17.8 Å². The molecule has 6 unspecified atom stereocenters. The lowest BCUT2D eigenvalue weighted by atomic mass is 9.78. The Morgan fingerprint density at radius 3 is 2.32 bits per heavy atom. The van der Waals surface area contributed by atoms with Crippen molar-refractivity contribution in [1.82, 2.24) is 4.90 Å². The summed E-state index contributed by atoms with van der Waals surface area (Å²) in [7, 11) is 2.98. The molecule has 3 fully saturated rings. The molecule has 2 amide bonds. The predicted molar refractivity (Wildman–Crippen MR) is 73.6 cm³/mol. The van der Waals surface area contributed by atoms with Crippen molar-refractivity contribution in [3.8, 4) is 0 Å². The van der Waals surface area contributed by atoms with E-state index in [4.69, 9.17) is 14.2 Å². The van der Waals surface area contributed by atoms with Crippen LogP contribution in [-0.2, 0) is 28.6 Å². The molecule has 3 rings (SSSR count). The molecule has 3 saturated heterocycles. The van der Waals surface area contributed by atoms with Gasteiger partial charge in [-0.3, -0.25) is 19.3 Å². The number of esters is 1. The predicted octanol–water partition coefficient (Wildman–Crippen LogP) is 0.115. The molecule has 122 valence electrons. The molecule has 7 heteroatoms. The number of hydrogen-bond acceptors (Lipinski definition) is 6. The molecular weight excluding hydrogens is 290 g/mol. The highest BCUT2D eigenvalue weighted by atomic mass is 16.6. The van der Waals surface area contributed by atoms with Crippen LogP contribution in [0.2, 0.25) is 0 Å². The van der Waals surface area contributed by atoms with E-state index in [0.717, 1.165) is 17.7 Å². The van der Waals surface area contributed by atoms with E-state index in [0.29, 0.717) is 6.42 Å². The Hall–Kier alpha value is -1.47. The van der Waals surface area contributed by atoms with Crippen molar-refractivity contribution in [1.29, 1.82) is 0 Å². The molecule has 0 aromatic heterocycles. The van der Waals surface area contributed by atoms with Gasteiger partial charge in [0.2, 0.25) is 11.8 Å². The van der Waals surface area contributed by atoms with Crippen molar-refractivity contribution in [2.75, 3.05) is 14.2 Å². The maximum Gasteiger partial charge on any atom is 0.306 e. The number of nitrogens with zero attached hydrogens (tertiary/aromatic N) is 1. The van der Waals surface area contributed by atoms with Crippen molar-refractivity contribution in [3.63, 3.8) is 0 Å². The second-order valence-corrected chi connectivity index (χ2v) is 6.11. The summed E-state index contributed by atoms with van der Waals surface area (Å²) in [6.07, 6.45) is -0.244. The number of rotatable bonds is 5. The lowest BCUT2D eigenvalue weighted by Gasteiger charge is -2.31. The molecule has 7 nitrogen and oxygen atoms in total. The van der Waals surface area contributed by atoms with Crippen molar-refractivity contribution in [2.45, 2.75) is 50.6 Å². The average Bonchev–Trinajstić information content (AvgIpc) is 3.11. The fourth-order valence-corrected chi connectivity index (χ4v) is 3.78. The van der Waals surface area contributed by atoms with Gasteiger partial charge in [0.1, 0.15) is 18.3 Å². The van der Waals surface area contributed by atoms with E-state index in [1.54, 1.807) is 0 Å². The van der Waals surface area contributed by atoms with Crippen LogP contribution in [0.4, 0.5) is 0 Å². The molecule has 0 aromatic rings. The zero-order chi connectivity index (χ0) is 16.0. The molecule has 2 bridgehead atoms. The fourth-order valence-electron chi connectivity index (χ4n) is 3.78. The third-order valence-electron chi connectivity index (χ3n) is 4.89. The SMILES string of the molecule is CCCCC(=O)OC1C(OC)C2OC1C1C(=O)N(C)C(=O)C21. The molecule has 6 atom stereocenters. The third-order valence-corrected chi connectivity index (χ3v) is 4.89. The maximum absolute atomic E-state index is 12.2. The molecule has 3 heterocycles. The van der Waals surface area contributed by atoms with Gasteiger partial charge in [0, 0.05) is 20.6 Å². The number of hydrogen-bond donors (Lipinski definition) is 0. The van der Waals surface area contributed by atoms with E-state index in [1.807, 2.05) is 6.92 Å². The van der Waals surface area contributed by atoms with Gasteiger partial charge in [-0.2, -0.15) is 0 Å². The summed E-state index contributed by atoms with van der Waals surface area (Å²) in [5.41, 5.74) is 0. The minimum atomic E-state index is -0.621. The molecule has 0 saturated carbocycles. The largest absolute Gasteiger partial charge is 0.457 e. The van der Waals surface area contributed by atoms with Crippen molar-refractivity contribution in [2.24, 2.45) is 11.8 Å². The summed E-state index contributed by atoms with van der Waals surface area (Å²) >= 11 is 0. The number of amides is 2. The normalized spacial score (nSPS) is 39.5. The van der Waals surface area contributed by atoms with Gasteiger partial charge in [-0.15, -0.1) is 0 Å².